The molecule has 2 nitrogen and oxygen atoms in total. The van der Waals surface area contributed by atoms with Crippen LogP contribution in [-0.2, 0) is 5.75 Å². The van der Waals surface area contributed by atoms with Crippen LogP contribution in [0.3, 0.4) is 0 Å². The van der Waals surface area contributed by atoms with Gasteiger partial charge in [-0.3, -0.25) is 0 Å². The molecule has 3 heteroatoms. The number of hydrogen-bond donors (Lipinski definition) is 1. The summed E-state index contributed by atoms with van der Waals surface area (Å²) in [4.78, 5) is 0. The molecule has 1 aromatic heterocycles. The van der Waals surface area contributed by atoms with Crippen molar-refractivity contribution in [1.82, 2.24) is 0 Å². The summed E-state index contributed by atoms with van der Waals surface area (Å²) in [5.74, 6) is 3.01. The number of nitrogens with two attached hydrogens (primary N) is 1. The van der Waals surface area contributed by atoms with Crippen LogP contribution in [-0.4, -0.2) is 12.3 Å². The summed E-state index contributed by atoms with van der Waals surface area (Å²) in [6, 6.07) is 1.99. The van der Waals surface area contributed by atoms with Crippen LogP contribution in [0.1, 0.15) is 11.3 Å². The molecule has 0 aliphatic heterocycles. The zero-order chi connectivity index (χ0) is 9.52. The fraction of sp³-hybridized carbons (Fsp3) is 0.400. The first-order valence-corrected chi connectivity index (χ1v) is 5.46. The highest BCUT2D eigenvalue weighted by molar-refractivity contribution is 7.98. The second-order valence-electron chi connectivity index (χ2n) is 2.75. The summed E-state index contributed by atoms with van der Waals surface area (Å²) in [6.45, 7) is 2.69. The van der Waals surface area contributed by atoms with Crippen molar-refractivity contribution >= 4 is 11.8 Å². The minimum atomic E-state index is 0.625. The first-order valence-electron chi connectivity index (χ1n) is 4.30. The van der Waals surface area contributed by atoms with Crippen molar-refractivity contribution in [3.63, 3.8) is 0 Å². The Labute approximate surface area is 83.2 Å². The monoisotopic (exact) mass is 197 g/mol. The Hall–Kier alpha value is -0.670. The van der Waals surface area contributed by atoms with Crippen molar-refractivity contribution in [2.45, 2.75) is 12.7 Å². The molecule has 0 aromatic carbocycles. The third-order valence-corrected chi connectivity index (χ3v) is 2.61. The lowest BCUT2D eigenvalue weighted by Gasteiger charge is -1.95. The van der Waals surface area contributed by atoms with Crippen LogP contribution in [0.2, 0.25) is 0 Å². The summed E-state index contributed by atoms with van der Waals surface area (Å²) >= 11 is 1.83. The summed E-state index contributed by atoms with van der Waals surface area (Å²) in [7, 11) is 0. The first-order chi connectivity index (χ1) is 6.34. The minimum Gasteiger partial charge on any atom is -0.468 e. The predicted molar refractivity (Wildman–Crippen MR) is 57.8 cm³/mol. The molecule has 72 valence electrons. The van der Waals surface area contributed by atoms with E-state index in [1.54, 1.807) is 6.26 Å². The third-order valence-electron chi connectivity index (χ3n) is 1.72. The van der Waals surface area contributed by atoms with E-state index in [2.05, 4.69) is 13.0 Å². The quantitative estimate of drug-likeness (QED) is 0.581. The highest BCUT2D eigenvalue weighted by Crippen LogP contribution is 2.16. The molecule has 0 aliphatic carbocycles. The maximum absolute atomic E-state index is 5.31. The lowest BCUT2D eigenvalue weighted by atomic mass is 10.3. The average Bonchev–Trinajstić information content (AvgIpc) is 2.52. The molecule has 0 atom stereocenters. The van der Waals surface area contributed by atoms with Gasteiger partial charge in [-0.25, -0.2) is 0 Å². The summed E-state index contributed by atoms with van der Waals surface area (Å²) in [6.07, 6.45) is 5.80. The molecule has 1 rings (SSSR count). The smallest absolute Gasteiger partial charge is 0.116 e. The van der Waals surface area contributed by atoms with Crippen LogP contribution in [0.15, 0.2) is 28.9 Å². The van der Waals surface area contributed by atoms with E-state index in [1.807, 2.05) is 23.9 Å². The molecule has 0 spiro atoms. The van der Waals surface area contributed by atoms with E-state index in [4.69, 9.17) is 10.2 Å². The normalized spacial score (nSPS) is 11.2. The summed E-state index contributed by atoms with van der Waals surface area (Å²) in [5.41, 5.74) is 6.55. The van der Waals surface area contributed by atoms with Gasteiger partial charge in [-0.05, 0) is 18.6 Å². The molecule has 0 amide bonds. The molecule has 0 unspecified atom stereocenters. The van der Waals surface area contributed by atoms with Gasteiger partial charge in [0.15, 0.2) is 0 Å². The number of thioether (sulfide) groups is 1. The van der Waals surface area contributed by atoms with Crippen LogP contribution in [0.5, 0.6) is 0 Å². The van der Waals surface area contributed by atoms with E-state index in [0.717, 1.165) is 17.3 Å². The van der Waals surface area contributed by atoms with Gasteiger partial charge in [-0.2, -0.15) is 0 Å². The van der Waals surface area contributed by atoms with Gasteiger partial charge in [-0.15, -0.1) is 11.8 Å². The molecule has 0 saturated heterocycles. The Morgan fingerprint density at radius 1 is 1.54 bits per heavy atom. The number of rotatable bonds is 5. The molecule has 0 radical (unpaired) electrons. The molecular formula is C10H15NOS. The fourth-order valence-corrected chi connectivity index (χ4v) is 1.81. The van der Waals surface area contributed by atoms with E-state index < -0.39 is 0 Å². The van der Waals surface area contributed by atoms with Crippen molar-refractivity contribution < 1.29 is 4.42 Å². The minimum absolute atomic E-state index is 0.625. The maximum Gasteiger partial charge on any atom is 0.116 e. The topological polar surface area (TPSA) is 39.2 Å². The van der Waals surface area contributed by atoms with Crippen LogP contribution in [0.4, 0.5) is 0 Å². The van der Waals surface area contributed by atoms with E-state index in [-0.39, 0.29) is 0 Å². The number of hydrogen-bond acceptors (Lipinski definition) is 3. The van der Waals surface area contributed by atoms with Gasteiger partial charge in [0, 0.05) is 12.3 Å². The van der Waals surface area contributed by atoms with Gasteiger partial charge >= 0.3 is 0 Å². The Morgan fingerprint density at radius 2 is 2.38 bits per heavy atom. The van der Waals surface area contributed by atoms with E-state index in [1.165, 1.54) is 5.56 Å². The van der Waals surface area contributed by atoms with Crippen LogP contribution < -0.4 is 5.73 Å². The SMILES string of the molecule is Cc1ccoc1CSC/C=C/CN. The lowest BCUT2D eigenvalue weighted by molar-refractivity contribution is 0.528. The van der Waals surface area contributed by atoms with Gasteiger partial charge in [-0.1, -0.05) is 12.2 Å². The van der Waals surface area contributed by atoms with Gasteiger partial charge in [0.05, 0.1) is 12.0 Å². The van der Waals surface area contributed by atoms with Crippen molar-refractivity contribution in [3.05, 3.63) is 35.8 Å². The predicted octanol–water partition coefficient (Wildman–Crippen LogP) is 2.34. The molecule has 0 saturated carbocycles. The summed E-state index contributed by atoms with van der Waals surface area (Å²) in [5, 5.41) is 0. The first kappa shape index (κ1) is 10.4. The Balaban J connectivity index is 2.20. The standard InChI is InChI=1S/C10H15NOS/c1-9-4-6-12-10(9)8-13-7-3-2-5-11/h2-4,6H,5,7-8,11H2,1H3/b3-2+. The van der Waals surface area contributed by atoms with Crippen molar-refractivity contribution in [3.8, 4) is 0 Å². The molecule has 1 aromatic rings. The highest BCUT2D eigenvalue weighted by Gasteiger charge is 1.99. The van der Waals surface area contributed by atoms with Crippen molar-refractivity contribution in [1.29, 1.82) is 0 Å². The molecule has 0 bridgehead atoms. The van der Waals surface area contributed by atoms with Crippen molar-refractivity contribution in [2.75, 3.05) is 12.3 Å². The molecule has 0 aliphatic rings. The number of aryl methyl sites for hydroxylation is 1. The Bertz CT molecular complexity index is 268. The number of furan rings is 1. The molecule has 2 N–H and O–H groups in total. The van der Waals surface area contributed by atoms with Gasteiger partial charge in [0.2, 0.25) is 0 Å². The maximum atomic E-state index is 5.31. The van der Waals surface area contributed by atoms with E-state index >= 15 is 0 Å². The second-order valence-corrected chi connectivity index (χ2v) is 3.78. The molecule has 1 heterocycles. The largest absolute Gasteiger partial charge is 0.468 e. The zero-order valence-electron chi connectivity index (χ0n) is 7.82. The van der Waals surface area contributed by atoms with Gasteiger partial charge in [0.1, 0.15) is 5.76 Å². The Kier molecular flexibility index (Phi) is 4.72. The molecule has 0 fully saturated rings. The highest BCUT2D eigenvalue weighted by atomic mass is 32.2. The van der Waals surface area contributed by atoms with Gasteiger partial charge in [0.25, 0.3) is 0 Å². The van der Waals surface area contributed by atoms with E-state index in [9.17, 15) is 0 Å². The zero-order valence-corrected chi connectivity index (χ0v) is 8.64. The summed E-state index contributed by atoms with van der Waals surface area (Å²) < 4.78 is 5.30. The van der Waals surface area contributed by atoms with Crippen LogP contribution in [0, 0.1) is 6.92 Å². The van der Waals surface area contributed by atoms with Crippen LogP contribution >= 0.6 is 11.8 Å². The lowest BCUT2D eigenvalue weighted by Crippen LogP contribution is -1.92. The molecule has 13 heavy (non-hydrogen) atoms. The van der Waals surface area contributed by atoms with Crippen molar-refractivity contribution in [2.24, 2.45) is 5.73 Å². The third kappa shape index (κ3) is 3.70. The average molecular weight is 197 g/mol. The fourth-order valence-electron chi connectivity index (χ4n) is 0.936. The molecular weight excluding hydrogens is 182 g/mol. The Morgan fingerprint density at radius 3 is 3.00 bits per heavy atom. The van der Waals surface area contributed by atoms with Crippen LogP contribution in [0.25, 0.3) is 0 Å². The van der Waals surface area contributed by atoms with Gasteiger partial charge < -0.3 is 10.2 Å². The van der Waals surface area contributed by atoms with E-state index in [0.29, 0.717) is 6.54 Å². The second kappa shape index (κ2) is 5.89.